The van der Waals surface area contributed by atoms with Gasteiger partial charge in [0.1, 0.15) is 25.4 Å². The minimum Gasteiger partial charge on any atom is -0.463 e. The van der Waals surface area contributed by atoms with Gasteiger partial charge in [0.25, 0.3) is 0 Å². The molecule has 0 heterocycles. The molecule has 0 saturated carbocycles. The summed E-state index contributed by atoms with van der Waals surface area (Å²) in [5.74, 6) is -1.59. The lowest BCUT2D eigenvalue weighted by molar-refractivity contribution is -0.161. The second-order valence-electron chi connectivity index (χ2n) is 29.7. The predicted octanol–water partition coefficient (Wildman–Crippen LogP) is 27.3. The van der Waals surface area contributed by atoms with Crippen molar-refractivity contribution in [1.82, 2.24) is 0 Å². The number of allylic oxidation sites excluding steroid dienone is 26. The number of phosphoric ester groups is 2. The Labute approximate surface area is 689 Å². The molecule has 0 bridgehead atoms. The lowest BCUT2D eigenvalue weighted by Crippen LogP contribution is -2.30. The van der Waals surface area contributed by atoms with Gasteiger partial charge < -0.3 is 34.2 Å². The zero-order chi connectivity index (χ0) is 82.2. The van der Waals surface area contributed by atoms with Crippen LogP contribution in [0.1, 0.15) is 367 Å². The molecule has 4 N–H and O–H groups in total. The van der Waals surface area contributed by atoms with Crippen molar-refractivity contribution in [2.45, 2.75) is 386 Å². The molecule has 5 atom stereocenters. The molecular formula is C95H162O16P2. The fourth-order valence-corrected chi connectivity index (χ4v) is 13.5. The molecule has 0 rings (SSSR count). The van der Waals surface area contributed by atoms with Crippen LogP contribution < -0.4 is 0 Å². The highest BCUT2D eigenvalue weighted by Crippen LogP contribution is 2.45. The molecule has 18 heteroatoms. The fourth-order valence-electron chi connectivity index (χ4n) is 11.9. The number of rotatable bonds is 84. The monoisotopic (exact) mass is 1620 g/mol. The number of aliphatic hydroxyl groups is 2. The van der Waals surface area contributed by atoms with E-state index in [1.165, 1.54) is 135 Å². The Morgan fingerprint density at radius 2 is 0.469 bits per heavy atom. The van der Waals surface area contributed by atoms with E-state index in [4.69, 9.17) is 32.3 Å². The summed E-state index contributed by atoms with van der Waals surface area (Å²) in [5.41, 5.74) is 0. The fraction of sp³-hybridized carbons (Fsp3) is 0.695. The molecule has 0 aliphatic heterocycles. The second-order valence-corrected chi connectivity index (χ2v) is 32.6. The van der Waals surface area contributed by atoms with Crippen LogP contribution in [0.2, 0.25) is 0 Å². The Morgan fingerprint density at radius 1 is 0.257 bits per heavy atom. The molecule has 0 aliphatic carbocycles. The third kappa shape index (κ3) is 87.8. The molecule has 113 heavy (non-hydrogen) atoms. The average molecular weight is 1620 g/mol. The molecule has 0 aromatic rings. The SMILES string of the molecule is CC/C=C\C/C=C\C/C=C\C/C=C\C/C=C\CCCCCCCCCC(=O)OC(COC(=O)CCCCCCCCCCC/C=C\C/C=C\C/C=C\C/C=C\CCCCC)COP(=O)(O)OCC(O)COP(=O)(O)OCC(O)COC(=O)CCCCCCCCCCCCCCC/C=C\C/C=C\C/C=C\C/C=C\CCCCC. The van der Waals surface area contributed by atoms with Crippen molar-refractivity contribution in [3.8, 4) is 0 Å². The largest absolute Gasteiger partial charge is 0.472 e. The van der Waals surface area contributed by atoms with Crippen LogP contribution in [0.5, 0.6) is 0 Å². The van der Waals surface area contributed by atoms with Crippen molar-refractivity contribution in [2.75, 3.05) is 39.6 Å². The first kappa shape index (κ1) is 108. The van der Waals surface area contributed by atoms with Gasteiger partial charge >= 0.3 is 33.6 Å². The quantitative estimate of drug-likeness (QED) is 0.0146. The molecule has 0 spiro atoms. The highest BCUT2D eigenvalue weighted by molar-refractivity contribution is 7.47. The number of phosphoric acid groups is 2. The molecule has 5 unspecified atom stereocenters. The molecule has 16 nitrogen and oxygen atoms in total. The van der Waals surface area contributed by atoms with Crippen molar-refractivity contribution in [2.24, 2.45) is 0 Å². The van der Waals surface area contributed by atoms with E-state index in [-0.39, 0.29) is 19.3 Å². The molecule has 648 valence electrons. The Morgan fingerprint density at radius 3 is 0.743 bits per heavy atom. The Balaban J connectivity index is 4.65. The molecular weight excluding hydrogens is 1460 g/mol. The topological polar surface area (TPSA) is 231 Å². The highest BCUT2D eigenvalue weighted by Gasteiger charge is 2.29. The minimum absolute atomic E-state index is 0.0855. The average Bonchev–Trinajstić information content (AvgIpc) is 0.902. The number of esters is 3. The summed E-state index contributed by atoms with van der Waals surface area (Å²) in [6, 6.07) is 0. The van der Waals surface area contributed by atoms with Gasteiger partial charge in [0.05, 0.1) is 26.4 Å². The first-order valence-electron chi connectivity index (χ1n) is 44.8. The zero-order valence-electron chi connectivity index (χ0n) is 71.3. The summed E-state index contributed by atoms with van der Waals surface area (Å²) in [4.78, 5) is 59.0. The van der Waals surface area contributed by atoms with Crippen LogP contribution in [0.4, 0.5) is 0 Å². The van der Waals surface area contributed by atoms with Gasteiger partial charge in [-0.1, -0.05) is 352 Å². The zero-order valence-corrected chi connectivity index (χ0v) is 73.0. The second kappa shape index (κ2) is 86.5. The third-order valence-electron chi connectivity index (χ3n) is 18.7. The number of unbranched alkanes of at least 4 members (excludes halogenated alkanes) is 35. The number of ether oxygens (including phenoxy) is 3. The molecule has 0 aromatic carbocycles. The van der Waals surface area contributed by atoms with Crippen molar-refractivity contribution >= 4 is 33.6 Å². The summed E-state index contributed by atoms with van der Waals surface area (Å²) in [7, 11) is -9.82. The normalized spacial score (nSPS) is 14.6. The molecule has 0 aromatic heterocycles. The predicted molar refractivity (Wildman–Crippen MR) is 472 cm³/mol. The van der Waals surface area contributed by atoms with Crippen LogP contribution in [0.25, 0.3) is 0 Å². The van der Waals surface area contributed by atoms with Crippen LogP contribution in [0, 0.1) is 0 Å². The summed E-state index contributed by atoms with van der Waals surface area (Å²) in [6.07, 6.45) is 110. The maximum absolute atomic E-state index is 13.1. The van der Waals surface area contributed by atoms with Gasteiger partial charge in [0.15, 0.2) is 6.10 Å². The summed E-state index contributed by atoms with van der Waals surface area (Å²) < 4.78 is 61.4. The highest BCUT2D eigenvalue weighted by atomic mass is 31.2. The number of hydrogen-bond donors (Lipinski definition) is 4. The number of aliphatic hydroxyl groups excluding tert-OH is 2. The van der Waals surface area contributed by atoms with E-state index in [2.05, 4.69) is 179 Å². The molecule has 0 aliphatic rings. The molecule has 0 fully saturated rings. The number of carbonyl (C=O) groups is 3. The van der Waals surface area contributed by atoms with E-state index < -0.39 is 91.5 Å². The maximum Gasteiger partial charge on any atom is 0.472 e. The van der Waals surface area contributed by atoms with Gasteiger partial charge in [0, 0.05) is 19.3 Å². The lowest BCUT2D eigenvalue weighted by atomic mass is 10.0. The summed E-state index contributed by atoms with van der Waals surface area (Å²) in [6.45, 7) is 2.53. The van der Waals surface area contributed by atoms with E-state index in [0.717, 1.165) is 173 Å². The number of carbonyl (C=O) groups excluding carboxylic acids is 3. The molecule has 0 saturated heterocycles. The van der Waals surface area contributed by atoms with Crippen LogP contribution in [-0.4, -0.2) is 95.9 Å². The van der Waals surface area contributed by atoms with E-state index in [9.17, 15) is 43.5 Å². The van der Waals surface area contributed by atoms with Gasteiger partial charge in [-0.05, 0) is 154 Å². The van der Waals surface area contributed by atoms with Crippen molar-refractivity contribution in [1.29, 1.82) is 0 Å². The minimum atomic E-state index is -4.95. The van der Waals surface area contributed by atoms with E-state index in [0.29, 0.717) is 19.3 Å². The molecule has 0 radical (unpaired) electrons. The van der Waals surface area contributed by atoms with E-state index >= 15 is 0 Å². The van der Waals surface area contributed by atoms with Gasteiger partial charge in [-0.2, -0.15) is 0 Å². The van der Waals surface area contributed by atoms with Crippen LogP contribution in [-0.2, 0) is 55.8 Å². The van der Waals surface area contributed by atoms with E-state index in [1.807, 2.05) is 0 Å². The third-order valence-corrected chi connectivity index (χ3v) is 20.6. The summed E-state index contributed by atoms with van der Waals surface area (Å²) >= 11 is 0. The van der Waals surface area contributed by atoms with Gasteiger partial charge in [-0.3, -0.25) is 32.5 Å². The van der Waals surface area contributed by atoms with Crippen molar-refractivity contribution < 1.29 is 75.8 Å². The van der Waals surface area contributed by atoms with E-state index in [1.54, 1.807) is 0 Å². The first-order valence-corrected chi connectivity index (χ1v) is 47.8. The van der Waals surface area contributed by atoms with Gasteiger partial charge in [-0.25, -0.2) is 9.13 Å². The molecule has 0 amide bonds. The Bertz CT molecular complexity index is 2680. The number of hydrogen-bond acceptors (Lipinski definition) is 14. The van der Waals surface area contributed by atoms with Crippen molar-refractivity contribution in [3.05, 3.63) is 158 Å². The maximum atomic E-state index is 13.1. The van der Waals surface area contributed by atoms with Crippen LogP contribution in [0.15, 0.2) is 158 Å². The van der Waals surface area contributed by atoms with Crippen molar-refractivity contribution in [3.63, 3.8) is 0 Å². The van der Waals surface area contributed by atoms with Gasteiger partial charge in [0.2, 0.25) is 0 Å². The first-order chi connectivity index (χ1) is 55.2. The lowest BCUT2D eigenvalue weighted by Gasteiger charge is -2.21. The Kier molecular flexibility index (Phi) is 82.8. The Hall–Kier alpha value is -4.83. The summed E-state index contributed by atoms with van der Waals surface area (Å²) in [5, 5.41) is 20.7. The smallest absolute Gasteiger partial charge is 0.463 e. The standard InChI is InChI=1S/C95H162O16P2/c1-4-7-10-13-16-19-22-25-28-31-34-37-40-42-43-44-45-47-50-51-54-57-60-63-66-69-72-75-78-81-93(98)105-84-90(96)85-107-112(101,102)108-86-91(97)87-109-113(103,104)110-89-92(111-95(100)83-80-77-74-71-68-65-62-59-56-53-48-39-36-33-30-27-24-21-18-15-12-9-6-3)88-106-94(99)82-79-76-73-70-67-64-61-58-55-52-49-46-41-38-35-32-29-26-23-20-17-14-11-8-5-2/h9,12,16-21,25-30,34-39,42-43,46,49,53,56,90-92,96-97H,4-8,10-11,13-15,22-24,31-33,40-41,44-45,47-48,50-52,54-55,57-89H2,1-3H3,(H,101,102)(H,103,104)/b12-9-,19-16-,20-17-,21-18-,28-25-,29-26-,30-27-,37-34-,38-35-,39-36-,43-42-,49-46-,56-53-. The van der Waals surface area contributed by atoms with Crippen LogP contribution >= 0.6 is 15.6 Å². The van der Waals surface area contributed by atoms with Crippen LogP contribution in [0.3, 0.4) is 0 Å². The van der Waals surface area contributed by atoms with Gasteiger partial charge in [-0.15, -0.1) is 0 Å².